The molecule has 0 radical (unpaired) electrons. The van der Waals surface area contributed by atoms with Gasteiger partial charge in [-0.15, -0.1) is 0 Å². The van der Waals surface area contributed by atoms with E-state index in [0.29, 0.717) is 11.5 Å². The molecule has 3 aromatic rings. The summed E-state index contributed by atoms with van der Waals surface area (Å²) in [5.74, 6) is 1.24. The van der Waals surface area contributed by atoms with Gasteiger partial charge in [-0.05, 0) is 87.8 Å². The summed E-state index contributed by atoms with van der Waals surface area (Å²) in [6.07, 6.45) is 6.58. The van der Waals surface area contributed by atoms with E-state index in [0.717, 1.165) is 53.9 Å². The van der Waals surface area contributed by atoms with Crippen molar-refractivity contribution in [3.63, 3.8) is 0 Å². The van der Waals surface area contributed by atoms with Crippen LogP contribution in [0, 0.1) is 18.8 Å². The van der Waals surface area contributed by atoms with Crippen molar-refractivity contribution >= 4 is 22.7 Å². The molecule has 3 heterocycles. The molecule has 2 aromatic carbocycles. The Bertz CT molecular complexity index is 1170. The number of piperidine rings is 2. The number of fused-ring (bicyclic) bond motifs is 1. The Hall–Kier alpha value is -3.12. The van der Waals surface area contributed by atoms with Gasteiger partial charge in [-0.25, -0.2) is 0 Å². The lowest BCUT2D eigenvalue weighted by Gasteiger charge is -2.40. The van der Waals surface area contributed by atoms with Crippen LogP contribution in [0.15, 0.2) is 54.7 Å². The van der Waals surface area contributed by atoms with Gasteiger partial charge in [0, 0.05) is 35.8 Å². The number of carbonyl (C=O) groups excluding carboxylic acids is 2. The van der Waals surface area contributed by atoms with Gasteiger partial charge in [-0.2, -0.15) is 0 Å². The fourth-order valence-corrected chi connectivity index (χ4v) is 5.83. The Morgan fingerprint density at radius 2 is 1.60 bits per heavy atom. The van der Waals surface area contributed by atoms with Gasteiger partial charge < -0.3 is 20.1 Å². The van der Waals surface area contributed by atoms with E-state index < -0.39 is 6.04 Å². The summed E-state index contributed by atoms with van der Waals surface area (Å²) in [6, 6.07) is 14.6. The number of H-pyrrole nitrogens is 1. The van der Waals surface area contributed by atoms with Crippen LogP contribution < -0.4 is 5.32 Å². The summed E-state index contributed by atoms with van der Waals surface area (Å²) in [6.45, 7) is 5.93. The summed E-state index contributed by atoms with van der Waals surface area (Å²) < 4.78 is 0. The normalized spacial score (nSPS) is 19.1. The first-order valence-electron chi connectivity index (χ1n) is 12.9. The topological polar surface area (TPSA) is 68.4 Å². The van der Waals surface area contributed by atoms with Crippen LogP contribution in [0.3, 0.4) is 0 Å². The molecule has 2 fully saturated rings. The van der Waals surface area contributed by atoms with Crippen LogP contribution in [0.4, 0.5) is 0 Å². The van der Waals surface area contributed by atoms with Crippen LogP contribution in [-0.2, 0) is 4.79 Å². The molecule has 2 aliphatic heterocycles. The zero-order valence-corrected chi connectivity index (χ0v) is 20.8. The second kappa shape index (κ2) is 10.2. The molecule has 5 rings (SSSR count). The van der Waals surface area contributed by atoms with Crippen LogP contribution in [-0.4, -0.2) is 59.8 Å². The Morgan fingerprint density at radius 3 is 2.29 bits per heavy atom. The summed E-state index contributed by atoms with van der Waals surface area (Å²) in [5, 5.41) is 4.15. The molecule has 1 aromatic heterocycles. The number of nitrogens with zero attached hydrogens (tertiary/aromatic N) is 2. The molecule has 2 N–H and O–H groups in total. The molecule has 0 unspecified atom stereocenters. The molecular weight excluding hydrogens is 436 g/mol. The van der Waals surface area contributed by atoms with E-state index >= 15 is 0 Å². The maximum absolute atomic E-state index is 13.7. The summed E-state index contributed by atoms with van der Waals surface area (Å²) >= 11 is 0. The highest BCUT2D eigenvalue weighted by atomic mass is 16.2. The lowest BCUT2D eigenvalue weighted by atomic mass is 9.79. The molecule has 2 amide bonds. The van der Waals surface area contributed by atoms with E-state index in [1.165, 1.54) is 25.9 Å². The SMILES string of the molecule is Cc1c[nH]c2cc(C(=O)N[C@@H](C(=O)N3CCC(C4CCN(C)CC4)CC3)c3ccccc3)ccc12. The first-order valence-corrected chi connectivity index (χ1v) is 12.9. The maximum Gasteiger partial charge on any atom is 0.252 e. The third-order valence-corrected chi connectivity index (χ3v) is 8.09. The standard InChI is InChI=1S/C29H36N4O2/c1-20-19-30-26-18-24(8-9-25(20)26)28(34)31-27(23-6-4-3-5-7-23)29(35)33-16-12-22(13-17-33)21-10-14-32(2)15-11-21/h3-9,18-19,21-22,27,30H,10-17H2,1-2H3,(H,31,34)/t27-/m1/s1. The van der Waals surface area contributed by atoms with Gasteiger partial charge in [0.25, 0.3) is 5.91 Å². The molecule has 2 aliphatic rings. The fourth-order valence-electron chi connectivity index (χ4n) is 5.83. The van der Waals surface area contributed by atoms with Crippen LogP contribution in [0.25, 0.3) is 10.9 Å². The van der Waals surface area contributed by atoms with Crippen molar-refractivity contribution in [3.05, 3.63) is 71.4 Å². The quantitative estimate of drug-likeness (QED) is 0.573. The van der Waals surface area contributed by atoms with E-state index in [1.54, 1.807) is 0 Å². The average molecular weight is 473 g/mol. The molecule has 6 heteroatoms. The van der Waals surface area contributed by atoms with Gasteiger partial charge in [0.2, 0.25) is 5.91 Å². The Labute approximate surface area is 207 Å². The van der Waals surface area contributed by atoms with Crippen molar-refractivity contribution in [1.82, 2.24) is 20.1 Å². The van der Waals surface area contributed by atoms with Gasteiger partial charge in [0.05, 0.1) is 0 Å². The largest absolute Gasteiger partial charge is 0.361 e. The van der Waals surface area contributed by atoms with Gasteiger partial charge in [0.15, 0.2) is 0 Å². The minimum atomic E-state index is -0.690. The smallest absolute Gasteiger partial charge is 0.252 e. The molecular formula is C29H36N4O2. The van der Waals surface area contributed by atoms with Gasteiger partial charge in [0.1, 0.15) is 6.04 Å². The van der Waals surface area contributed by atoms with Crippen molar-refractivity contribution in [3.8, 4) is 0 Å². The number of nitrogens with one attached hydrogen (secondary N) is 2. The third-order valence-electron chi connectivity index (χ3n) is 8.09. The monoisotopic (exact) mass is 472 g/mol. The highest BCUT2D eigenvalue weighted by Crippen LogP contribution is 2.33. The van der Waals surface area contributed by atoms with E-state index in [-0.39, 0.29) is 11.8 Å². The summed E-state index contributed by atoms with van der Waals surface area (Å²) in [7, 11) is 2.20. The predicted octanol–water partition coefficient (Wildman–Crippen LogP) is 4.53. The van der Waals surface area contributed by atoms with Crippen molar-refractivity contribution in [2.45, 2.75) is 38.6 Å². The number of hydrogen-bond acceptors (Lipinski definition) is 3. The highest BCUT2D eigenvalue weighted by molar-refractivity contribution is 6.00. The lowest BCUT2D eigenvalue weighted by Crippen LogP contribution is -2.47. The first-order chi connectivity index (χ1) is 17.0. The Kier molecular flexibility index (Phi) is 6.91. The van der Waals surface area contributed by atoms with E-state index in [1.807, 2.05) is 66.6 Å². The Balaban J connectivity index is 1.29. The van der Waals surface area contributed by atoms with E-state index in [2.05, 4.69) is 22.2 Å². The van der Waals surface area contributed by atoms with Crippen LogP contribution >= 0.6 is 0 Å². The van der Waals surface area contributed by atoms with E-state index in [4.69, 9.17) is 0 Å². The van der Waals surface area contributed by atoms with Gasteiger partial charge in [-0.1, -0.05) is 36.4 Å². The molecule has 6 nitrogen and oxygen atoms in total. The number of likely N-dealkylation sites (tertiary alicyclic amines) is 2. The number of amides is 2. The lowest BCUT2D eigenvalue weighted by molar-refractivity contribution is -0.135. The summed E-state index contributed by atoms with van der Waals surface area (Å²) in [4.78, 5) is 34.5. The minimum Gasteiger partial charge on any atom is -0.361 e. The first kappa shape index (κ1) is 23.6. The minimum absolute atomic E-state index is 0.0110. The molecule has 2 saturated heterocycles. The number of aryl methyl sites for hydroxylation is 1. The number of benzene rings is 2. The van der Waals surface area contributed by atoms with Gasteiger partial charge in [-0.3, -0.25) is 9.59 Å². The fraction of sp³-hybridized carbons (Fsp3) is 0.448. The van der Waals surface area contributed by atoms with Crippen LogP contribution in [0.2, 0.25) is 0 Å². The molecule has 184 valence electrons. The Morgan fingerprint density at radius 1 is 0.943 bits per heavy atom. The van der Waals surface area contributed by atoms with Crippen molar-refractivity contribution in [2.24, 2.45) is 11.8 Å². The molecule has 0 bridgehead atoms. The zero-order valence-electron chi connectivity index (χ0n) is 20.8. The molecule has 1 atom stereocenters. The number of aromatic amines is 1. The number of rotatable bonds is 5. The second-order valence-electron chi connectivity index (χ2n) is 10.4. The van der Waals surface area contributed by atoms with E-state index in [9.17, 15) is 9.59 Å². The number of aromatic nitrogens is 1. The van der Waals surface area contributed by atoms with Crippen molar-refractivity contribution in [1.29, 1.82) is 0 Å². The predicted molar refractivity (Wildman–Crippen MR) is 139 cm³/mol. The zero-order chi connectivity index (χ0) is 24.4. The average Bonchev–Trinajstić information content (AvgIpc) is 3.27. The summed E-state index contributed by atoms with van der Waals surface area (Å²) in [5.41, 5.74) is 3.44. The number of carbonyl (C=O) groups is 2. The number of hydrogen-bond donors (Lipinski definition) is 2. The van der Waals surface area contributed by atoms with Crippen LogP contribution in [0.1, 0.15) is 53.2 Å². The third kappa shape index (κ3) is 5.13. The van der Waals surface area contributed by atoms with Gasteiger partial charge >= 0.3 is 0 Å². The van der Waals surface area contributed by atoms with Crippen molar-refractivity contribution in [2.75, 3.05) is 33.2 Å². The van der Waals surface area contributed by atoms with Crippen LogP contribution in [0.5, 0.6) is 0 Å². The molecule has 0 aliphatic carbocycles. The molecule has 0 saturated carbocycles. The maximum atomic E-state index is 13.7. The molecule has 35 heavy (non-hydrogen) atoms. The second-order valence-corrected chi connectivity index (χ2v) is 10.4. The molecule has 0 spiro atoms. The highest BCUT2D eigenvalue weighted by Gasteiger charge is 2.33. The van der Waals surface area contributed by atoms with Crippen molar-refractivity contribution < 1.29 is 9.59 Å².